The van der Waals surface area contributed by atoms with Gasteiger partial charge in [-0.15, -0.1) is 5.10 Å². The van der Waals surface area contributed by atoms with Gasteiger partial charge in [0, 0.05) is 12.1 Å². The van der Waals surface area contributed by atoms with Crippen molar-refractivity contribution >= 4 is 0 Å². The first-order valence-electron chi connectivity index (χ1n) is 7.26. The molecule has 1 aromatic carbocycles. The number of hydrogen-bond donors (Lipinski definition) is 1. The largest absolute Gasteiger partial charge is 0.390 e. The molecule has 0 atom stereocenters. The van der Waals surface area contributed by atoms with E-state index in [2.05, 4.69) is 28.5 Å². The number of fused-ring (bicyclic) bond motifs is 1. The Morgan fingerprint density at radius 2 is 2.05 bits per heavy atom. The zero-order valence-electron chi connectivity index (χ0n) is 12.1. The van der Waals surface area contributed by atoms with E-state index in [1.54, 1.807) is 4.68 Å². The summed E-state index contributed by atoms with van der Waals surface area (Å²) in [6, 6.07) is 6.59. The van der Waals surface area contributed by atoms with Crippen LogP contribution in [0.2, 0.25) is 0 Å². The third kappa shape index (κ3) is 2.90. The molecular formula is C16H21N3O. The third-order valence-corrected chi connectivity index (χ3v) is 3.89. The molecule has 4 nitrogen and oxygen atoms in total. The van der Waals surface area contributed by atoms with Crippen LogP contribution in [-0.2, 0) is 19.4 Å². The van der Waals surface area contributed by atoms with Crippen LogP contribution in [0.25, 0.3) is 11.3 Å². The van der Waals surface area contributed by atoms with Crippen molar-refractivity contribution in [2.45, 2.75) is 51.7 Å². The van der Waals surface area contributed by atoms with Crippen LogP contribution in [0.1, 0.15) is 37.8 Å². The average Bonchev–Trinajstić information content (AvgIpc) is 3.03. The zero-order valence-corrected chi connectivity index (χ0v) is 12.1. The summed E-state index contributed by atoms with van der Waals surface area (Å²) in [4.78, 5) is 0. The Bertz CT molecular complexity index is 610. The van der Waals surface area contributed by atoms with Crippen molar-refractivity contribution < 1.29 is 5.11 Å². The first-order valence-corrected chi connectivity index (χ1v) is 7.26. The highest BCUT2D eigenvalue weighted by Gasteiger charge is 2.15. The van der Waals surface area contributed by atoms with Crippen LogP contribution >= 0.6 is 0 Å². The minimum absolute atomic E-state index is 0.667. The van der Waals surface area contributed by atoms with Crippen LogP contribution < -0.4 is 0 Å². The van der Waals surface area contributed by atoms with Gasteiger partial charge in [0.05, 0.1) is 11.8 Å². The fraction of sp³-hybridized carbons (Fsp3) is 0.500. The number of aliphatic hydroxyl groups is 1. The minimum atomic E-state index is -0.667. The molecule has 1 aromatic heterocycles. The molecule has 3 rings (SSSR count). The molecule has 0 saturated heterocycles. The summed E-state index contributed by atoms with van der Waals surface area (Å²) in [6.07, 6.45) is 6.27. The van der Waals surface area contributed by atoms with Crippen molar-refractivity contribution in [1.29, 1.82) is 0 Å². The molecular weight excluding hydrogens is 250 g/mol. The van der Waals surface area contributed by atoms with Crippen molar-refractivity contribution in [1.82, 2.24) is 15.0 Å². The van der Waals surface area contributed by atoms with E-state index in [0.29, 0.717) is 13.0 Å². The number of aryl methyl sites for hydroxylation is 3. The topological polar surface area (TPSA) is 50.9 Å². The Morgan fingerprint density at radius 1 is 1.25 bits per heavy atom. The predicted molar refractivity (Wildman–Crippen MR) is 78.4 cm³/mol. The monoisotopic (exact) mass is 271 g/mol. The van der Waals surface area contributed by atoms with Crippen LogP contribution in [0.5, 0.6) is 0 Å². The van der Waals surface area contributed by atoms with E-state index in [4.69, 9.17) is 0 Å². The van der Waals surface area contributed by atoms with Gasteiger partial charge >= 0.3 is 0 Å². The molecule has 0 unspecified atom stereocenters. The summed E-state index contributed by atoms with van der Waals surface area (Å²) in [5, 5.41) is 18.1. The van der Waals surface area contributed by atoms with Crippen molar-refractivity contribution in [3.05, 3.63) is 35.5 Å². The molecule has 0 bridgehead atoms. The Kier molecular flexibility index (Phi) is 3.34. The summed E-state index contributed by atoms with van der Waals surface area (Å²) in [6.45, 7) is 4.30. The molecule has 1 aliphatic rings. The fourth-order valence-corrected chi connectivity index (χ4v) is 2.66. The van der Waals surface area contributed by atoms with Gasteiger partial charge in [-0.2, -0.15) is 0 Å². The van der Waals surface area contributed by atoms with Crippen LogP contribution in [0.3, 0.4) is 0 Å². The van der Waals surface area contributed by atoms with Crippen LogP contribution in [0.4, 0.5) is 0 Å². The number of benzene rings is 1. The van der Waals surface area contributed by atoms with Gasteiger partial charge in [-0.1, -0.05) is 17.3 Å². The molecule has 1 heterocycles. The lowest BCUT2D eigenvalue weighted by Gasteiger charge is -2.15. The average molecular weight is 271 g/mol. The Hall–Kier alpha value is -1.68. The molecule has 0 fully saturated rings. The third-order valence-electron chi connectivity index (χ3n) is 3.89. The molecule has 1 aliphatic carbocycles. The molecule has 4 heteroatoms. The van der Waals surface area contributed by atoms with Gasteiger partial charge < -0.3 is 5.11 Å². The Morgan fingerprint density at radius 3 is 2.85 bits per heavy atom. The molecule has 0 aliphatic heterocycles. The summed E-state index contributed by atoms with van der Waals surface area (Å²) in [7, 11) is 0. The summed E-state index contributed by atoms with van der Waals surface area (Å²) >= 11 is 0. The van der Waals surface area contributed by atoms with Gasteiger partial charge in [0.2, 0.25) is 0 Å². The maximum absolute atomic E-state index is 9.75. The van der Waals surface area contributed by atoms with Crippen molar-refractivity contribution in [3.63, 3.8) is 0 Å². The molecule has 1 N–H and O–H groups in total. The van der Waals surface area contributed by atoms with Crippen LogP contribution in [0, 0.1) is 0 Å². The van der Waals surface area contributed by atoms with Crippen molar-refractivity contribution in [2.24, 2.45) is 0 Å². The first kappa shape index (κ1) is 13.3. The summed E-state index contributed by atoms with van der Waals surface area (Å²) in [5.41, 5.74) is 4.31. The van der Waals surface area contributed by atoms with Gasteiger partial charge in [0.1, 0.15) is 5.69 Å². The highest BCUT2D eigenvalue weighted by molar-refractivity contribution is 5.60. The van der Waals surface area contributed by atoms with Crippen LogP contribution in [0.15, 0.2) is 24.4 Å². The number of aromatic nitrogens is 3. The zero-order chi connectivity index (χ0) is 14.2. The molecule has 20 heavy (non-hydrogen) atoms. The van der Waals surface area contributed by atoms with E-state index in [1.807, 2.05) is 20.0 Å². The van der Waals surface area contributed by atoms with Gasteiger partial charge in [-0.05, 0) is 56.7 Å². The molecule has 0 radical (unpaired) electrons. The molecule has 2 aromatic rings. The summed E-state index contributed by atoms with van der Waals surface area (Å²) in [5.74, 6) is 0. The SMILES string of the molecule is CC(C)(O)CCn1cc(-c2ccc3c(c2)CCC3)nn1. The second-order valence-electron chi connectivity index (χ2n) is 6.27. The summed E-state index contributed by atoms with van der Waals surface area (Å²) < 4.78 is 1.81. The van der Waals surface area contributed by atoms with Gasteiger partial charge in [0.25, 0.3) is 0 Å². The smallest absolute Gasteiger partial charge is 0.113 e. The first-order chi connectivity index (χ1) is 9.51. The van der Waals surface area contributed by atoms with E-state index in [-0.39, 0.29) is 0 Å². The highest BCUT2D eigenvalue weighted by atomic mass is 16.3. The normalized spacial score (nSPS) is 14.6. The fourth-order valence-electron chi connectivity index (χ4n) is 2.66. The second-order valence-corrected chi connectivity index (χ2v) is 6.27. The Labute approximate surface area is 119 Å². The molecule has 0 saturated carbocycles. The maximum Gasteiger partial charge on any atom is 0.113 e. The number of rotatable bonds is 4. The van der Waals surface area contributed by atoms with Crippen molar-refractivity contribution in [3.8, 4) is 11.3 Å². The predicted octanol–water partition coefficient (Wildman–Crippen LogP) is 2.59. The van der Waals surface area contributed by atoms with Crippen molar-refractivity contribution in [2.75, 3.05) is 0 Å². The van der Waals surface area contributed by atoms with E-state index >= 15 is 0 Å². The van der Waals surface area contributed by atoms with E-state index in [9.17, 15) is 5.11 Å². The standard InChI is InChI=1S/C16H21N3O/c1-16(2,20)8-9-19-11-15(17-18-19)14-7-6-12-4-3-5-13(12)10-14/h6-7,10-11,20H,3-5,8-9H2,1-2H3. The molecule has 106 valence electrons. The quantitative estimate of drug-likeness (QED) is 0.930. The van der Waals surface area contributed by atoms with E-state index in [1.165, 1.54) is 30.4 Å². The van der Waals surface area contributed by atoms with Gasteiger partial charge in [-0.25, -0.2) is 0 Å². The molecule has 0 amide bonds. The Balaban J connectivity index is 1.76. The number of hydrogen-bond acceptors (Lipinski definition) is 3. The van der Waals surface area contributed by atoms with Crippen LogP contribution in [-0.4, -0.2) is 25.7 Å². The van der Waals surface area contributed by atoms with Gasteiger partial charge in [-0.3, -0.25) is 4.68 Å². The lowest BCUT2D eigenvalue weighted by atomic mass is 10.0. The lowest BCUT2D eigenvalue weighted by molar-refractivity contribution is 0.0649. The second kappa shape index (κ2) is 5.02. The maximum atomic E-state index is 9.75. The number of nitrogens with zero attached hydrogens (tertiary/aromatic N) is 3. The highest BCUT2D eigenvalue weighted by Crippen LogP contribution is 2.27. The van der Waals surface area contributed by atoms with Gasteiger partial charge in [0.15, 0.2) is 0 Å². The van der Waals surface area contributed by atoms with E-state index < -0.39 is 5.60 Å². The molecule has 0 spiro atoms. The minimum Gasteiger partial charge on any atom is -0.390 e. The lowest BCUT2D eigenvalue weighted by Crippen LogP contribution is -2.21. The van der Waals surface area contributed by atoms with E-state index in [0.717, 1.165) is 11.3 Å².